The Hall–Kier alpha value is -1.34. The first-order valence-corrected chi connectivity index (χ1v) is 8.28. The molecule has 0 fully saturated rings. The fourth-order valence-electron chi connectivity index (χ4n) is 1.67. The zero-order valence-electron chi connectivity index (χ0n) is 11.4. The third-order valence-corrected chi connectivity index (χ3v) is 3.95. The van der Waals surface area contributed by atoms with Crippen LogP contribution in [0.1, 0.15) is 19.4 Å². The summed E-state index contributed by atoms with van der Waals surface area (Å²) < 4.78 is 27.6. The molecule has 6 nitrogen and oxygen atoms in total. The number of nitrogens with zero attached hydrogens (tertiary/aromatic N) is 1. The second-order valence-corrected chi connectivity index (χ2v) is 8.14. The first kappa shape index (κ1) is 16.7. The molecule has 0 aliphatic carbocycles. The van der Waals surface area contributed by atoms with Gasteiger partial charge in [-0.2, -0.15) is 0 Å². The highest BCUT2D eigenvalue weighted by Gasteiger charge is 2.27. The molecule has 0 atom stereocenters. The molecular formula is C12H16ClNO5S. The van der Waals surface area contributed by atoms with E-state index in [0.717, 1.165) is 5.56 Å². The molecule has 1 aromatic rings. The molecule has 0 unspecified atom stereocenters. The van der Waals surface area contributed by atoms with Gasteiger partial charge in [0.25, 0.3) is 0 Å². The number of benzene rings is 1. The van der Waals surface area contributed by atoms with Gasteiger partial charge >= 0.3 is 5.69 Å². The third kappa shape index (κ3) is 5.34. The number of hydrogen-bond acceptors (Lipinski definition) is 5. The number of halogens is 1. The van der Waals surface area contributed by atoms with Crippen molar-refractivity contribution in [2.24, 2.45) is 5.41 Å². The molecule has 0 saturated heterocycles. The van der Waals surface area contributed by atoms with Crippen LogP contribution >= 0.6 is 10.7 Å². The van der Waals surface area contributed by atoms with Crippen LogP contribution in [-0.2, 0) is 9.05 Å². The standard InChI is InChI=1S/C12H16ClNO5S/c1-9-4-5-10(14(15)16)11(6-9)19-7-12(2,3)8-20(13,17)18/h4-6H,7-8H2,1-3H3. The summed E-state index contributed by atoms with van der Waals surface area (Å²) in [4.78, 5) is 10.4. The Morgan fingerprint density at radius 2 is 2.00 bits per heavy atom. The maximum absolute atomic E-state index is 11.1. The highest BCUT2D eigenvalue weighted by Crippen LogP contribution is 2.30. The van der Waals surface area contributed by atoms with Crippen LogP contribution in [0.5, 0.6) is 5.75 Å². The van der Waals surface area contributed by atoms with Crippen LogP contribution in [0.25, 0.3) is 0 Å². The van der Waals surface area contributed by atoms with Crippen molar-refractivity contribution in [1.29, 1.82) is 0 Å². The summed E-state index contributed by atoms with van der Waals surface area (Å²) in [5.74, 6) is -0.156. The lowest BCUT2D eigenvalue weighted by molar-refractivity contribution is -0.386. The van der Waals surface area contributed by atoms with Crippen LogP contribution in [0.2, 0.25) is 0 Å². The number of hydrogen-bond donors (Lipinski definition) is 0. The largest absolute Gasteiger partial charge is 0.486 e. The summed E-state index contributed by atoms with van der Waals surface area (Å²) >= 11 is 0. The second-order valence-electron chi connectivity index (χ2n) is 5.36. The summed E-state index contributed by atoms with van der Waals surface area (Å²) in [5.41, 5.74) is -0.0911. The molecule has 1 aromatic carbocycles. The van der Waals surface area contributed by atoms with Gasteiger partial charge in [0.1, 0.15) is 0 Å². The number of rotatable bonds is 6. The molecule has 0 aliphatic heterocycles. The van der Waals surface area contributed by atoms with Gasteiger partial charge in [-0.15, -0.1) is 0 Å². The van der Waals surface area contributed by atoms with Gasteiger partial charge in [0, 0.05) is 22.2 Å². The summed E-state index contributed by atoms with van der Waals surface area (Å²) in [6.45, 7) is 5.11. The minimum atomic E-state index is -3.66. The van der Waals surface area contributed by atoms with E-state index < -0.39 is 19.4 Å². The molecule has 0 spiro atoms. The van der Waals surface area contributed by atoms with Crippen molar-refractivity contribution in [2.45, 2.75) is 20.8 Å². The van der Waals surface area contributed by atoms with Crippen LogP contribution in [0.4, 0.5) is 5.69 Å². The van der Waals surface area contributed by atoms with Crippen molar-refractivity contribution in [2.75, 3.05) is 12.4 Å². The third-order valence-electron chi connectivity index (χ3n) is 2.49. The summed E-state index contributed by atoms with van der Waals surface area (Å²) in [7, 11) is 1.55. The molecule has 0 N–H and O–H groups in total. The summed E-state index contributed by atoms with van der Waals surface area (Å²) in [6, 6.07) is 4.51. The minimum Gasteiger partial charge on any atom is -0.486 e. The average molecular weight is 322 g/mol. The Bertz CT molecular complexity index is 612. The van der Waals surface area contributed by atoms with Crippen molar-refractivity contribution < 1.29 is 18.1 Å². The smallest absolute Gasteiger partial charge is 0.310 e. The molecule has 20 heavy (non-hydrogen) atoms. The summed E-state index contributed by atoms with van der Waals surface area (Å²) in [5, 5.41) is 10.9. The molecule has 0 saturated carbocycles. The molecule has 8 heteroatoms. The summed E-state index contributed by atoms with van der Waals surface area (Å²) in [6.07, 6.45) is 0. The molecule has 0 aliphatic rings. The number of nitro benzene ring substituents is 1. The zero-order valence-corrected chi connectivity index (χ0v) is 13.0. The Morgan fingerprint density at radius 1 is 1.40 bits per heavy atom. The molecule has 0 aromatic heterocycles. The van der Waals surface area contributed by atoms with Crippen LogP contribution in [0.15, 0.2) is 18.2 Å². The van der Waals surface area contributed by atoms with E-state index in [-0.39, 0.29) is 23.8 Å². The highest BCUT2D eigenvalue weighted by molar-refractivity contribution is 8.13. The Morgan fingerprint density at radius 3 is 2.50 bits per heavy atom. The van der Waals surface area contributed by atoms with Crippen LogP contribution < -0.4 is 4.74 Å². The molecular weight excluding hydrogens is 306 g/mol. The predicted molar refractivity (Wildman–Crippen MR) is 76.7 cm³/mol. The fourth-order valence-corrected chi connectivity index (χ4v) is 3.57. The van der Waals surface area contributed by atoms with Gasteiger partial charge < -0.3 is 4.74 Å². The van der Waals surface area contributed by atoms with Crippen molar-refractivity contribution in [3.05, 3.63) is 33.9 Å². The van der Waals surface area contributed by atoms with E-state index in [0.29, 0.717) is 0 Å². The van der Waals surface area contributed by atoms with Crippen molar-refractivity contribution in [3.8, 4) is 5.75 Å². The average Bonchev–Trinajstić information content (AvgIpc) is 2.22. The Labute approximate surface area is 122 Å². The van der Waals surface area contributed by atoms with Gasteiger partial charge in [-0.05, 0) is 18.6 Å². The van der Waals surface area contributed by atoms with E-state index in [1.165, 1.54) is 6.07 Å². The van der Waals surface area contributed by atoms with E-state index in [2.05, 4.69) is 0 Å². The highest BCUT2D eigenvalue weighted by atomic mass is 35.7. The number of aryl methyl sites for hydroxylation is 1. The number of nitro groups is 1. The van der Waals surface area contributed by atoms with Gasteiger partial charge in [-0.3, -0.25) is 10.1 Å². The lowest BCUT2D eigenvalue weighted by Gasteiger charge is -2.22. The maximum atomic E-state index is 11.1. The lowest BCUT2D eigenvalue weighted by Crippen LogP contribution is -2.28. The first-order valence-electron chi connectivity index (χ1n) is 5.80. The number of ether oxygens (including phenoxy) is 1. The van der Waals surface area contributed by atoms with Crippen LogP contribution in [-0.4, -0.2) is 25.7 Å². The SMILES string of the molecule is Cc1ccc([N+](=O)[O-])c(OCC(C)(C)CS(=O)(=O)Cl)c1. The van der Waals surface area contributed by atoms with Crippen molar-refractivity contribution >= 4 is 25.4 Å². The van der Waals surface area contributed by atoms with Crippen molar-refractivity contribution in [3.63, 3.8) is 0 Å². The van der Waals surface area contributed by atoms with Crippen molar-refractivity contribution in [1.82, 2.24) is 0 Å². The zero-order chi connectivity index (χ0) is 15.6. The first-order chi connectivity index (χ1) is 9.00. The van der Waals surface area contributed by atoms with Gasteiger partial charge in [-0.1, -0.05) is 19.9 Å². The maximum Gasteiger partial charge on any atom is 0.310 e. The molecule has 112 valence electrons. The van der Waals surface area contributed by atoms with Gasteiger partial charge in [0.15, 0.2) is 5.75 Å². The quantitative estimate of drug-likeness (QED) is 0.457. The van der Waals surface area contributed by atoms with Crippen LogP contribution in [0, 0.1) is 22.5 Å². The van der Waals surface area contributed by atoms with E-state index in [1.807, 2.05) is 0 Å². The van der Waals surface area contributed by atoms with Gasteiger partial charge in [-0.25, -0.2) is 8.42 Å². The molecule has 0 amide bonds. The molecule has 0 bridgehead atoms. The topological polar surface area (TPSA) is 86.5 Å². The Balaban J connectivity index is 2.89. The van der Waals surface area contributed by atoms with E-state index in [1.54, 1.807) is 32.9 Å². The minimum absolute atomic E-state index is 0.00322. The second kappa shape index (κ2) is 5.97. The Kier molecular flexibility index (Phi) is 4.99. The van der Waals surface area contributed by atoms with Gasteiger partial charge in [0.2, 0.25) is 9.05 Å². The van der Waals surface area contributed by atoms with E-state index >= 15 is 0 Å². The molecule has 0 heterocycles. The fraction of sp³-hybridized carbons (Fsp3) is 0.500. The normalized spacial score (nSPS) is 12.2. The van der Waals surface area contributed by atoms with Crippen LogP contribution in [0.3, 0.4) is 0 Å². The van der Waals surface area contributed by atoms with Gasteiger partial charge in [0.05, 0.1) is 17.3 Å². The van der Waals surface area contributed by atoms with E-state index in [4.69, 9.17) is 15.4 Å². The lowest BCUT2D eigenvalue weighted by atomic mass is 9.98. The van der Waals surface area contributed by atoms with E-state index in [9.17, 15) is 18.5 Å². The molecule has 0 radical (unpaired) electrons. The predicted octanol–water partition coefficient (Wildman–Crippen LogP) is 2.88. The monoisotopic (exact) mass is 321 g/mol. The molecule has 1 rings (SSSR count).